The van der Waals surface area contributed by atoms with Gasteiger partial charge in [0.1, 0.15) is 5.82 Å². The molecule has 0 bridgehead atoms. The van der Waals surface area contributed by atoms with Gasteiger partial charge in [-0.15, -0.1) is 10.2 Å². The summed E-state index contributed by atoms with van der Waals surface area (Å²) in [5, 5.41) is 23.5. The average Bonchev–Trinajstić information content (AvgIpc) is 2.76. The number of nitrogens with zero attached hydrogens (tertiary/aromatic N) is 4. The minimum Gasteiger partial charge on any atom is -0.481 e. The maximum atomic E-state index is 10.3. The van der Waals surface area contributed by atoms with E-state index in [1.807, 2.05) is 13.0 Å². The van der Waals surface area contributed by atoms with E-state index in [1.165, 1.54) is 0 Å². The second kappa shape index (κ2) is 5.26. The van der Waals surface area contributed by atoms with Gasteiger partial charge in [-0.2, -0.15) is 5.10 Å². The smallest absolute Gasteiger partial charge is 0.305 e. The normalized spacial score (nSPS) is 10.3. The molecule has 2 aromatic heterocycles. The second-order valence-electron chi connectivity index (χ2n) is 3.75. The minimum absolute atomic E-state index is 0.0434. The van der Waals surface area contributed by atoms with Gasteiger partial charge in [0.25, 0.3) is 0 Å². The van der Waals surface area contributed by atoms with Gasteiger partial charge in [0.15, 0.2) is 5.82 Å². The summed E-state index contributed by atoms with van der Waals surface area (Å²) in [7, 11) is 0. The number of aromatic nitrogens is 4. The molecule has 0 aliphatic rings. The van der Waals surface area contributed by atoms with Crippen molar-refractivity contribution in [2.75, 3.05) is 11.9 Å². The number of hydrogen-bond donors (Lipinski definition) is 2. The zero-order chi connectivity index (χ0) is 13.0. The largest absolute Gasteiger partial charge is 0.481 e. The molecule has 0 aliphatic carbocycles. The van der Waals surface area contributed by atoms with Gasteiger partial charge in [0, 0.05) is 12.7 Å². The molecule has 18 heavy (non-hydrogen) atoms. The third-order valence-electron chi connectivity index (χ3n) is 2.25. The van der Waals surface area contributed by atoms with E-state index >= 15 is 0 Å². The fourth-order valence-corrected chi connectivity index (χ4v) is 1.38. The van der Waals surface area contributed by atoms with Crippen molar-refractivity contribution in [1.82, 2.24) is 20.0 Å². The van der Waals surface area contributed by atoms with E-state index in [4.69, 9.17) is 5.11 Å². The van der Waals surface area contributed by atoms with Gasteiger partial charge in [0.05, 0.1) is 12.1 Å². The Labute approximate surface area is 103 Å². The number of carboxylic acid groups (broad SMARTS) is 1. The maximum absolute atomic E-state index is 10.3. The number of rotatable bonds is 5. The summed E-state index contributed by atoms with van der Waals surface area (Å²) in [6, 6.07) is 5.38. The van der Waals surface area contributed by atoms with E-state index in [9.17, 15) is 4.79 Å². The third-order valence-corrected chi connectivity index (χ3v) is 2.25. The molecule has 0 unspecified atom stereocenters. The van der Waals surface area contributed by atoms with E-state index in [2.05, 4.69) is 20.6 Å². The lowest BCUT2D eigenvalue weighted by Gasteiger charge is -2.04. The van der Waals surface area contributed by atoms with Gasteiger partial charge in [0.2, 0.25) is 0 Å². The van der Waals surface area contributed by atoms with Crippen molar-refractivity contribution in [2.45, 2.75) is 13.3 Å². The quantitative estimate of drug-likeness (QED) is 0.813. The Morgan fingerprint density at radius 2 is 2.22 bits per heavy atom. The van der Waals surface area contributed by atoms with Crippen molar-refractivity contribution in [3.05, 3.63) is 30.1 Å². The molecular formula is C11H13N5O2. The van der Waals surface area contributed by atoms with Crippen LogP contribution in [0.25, 0.3) is 5.82 Å². The van der Waals surface area contributed by atoms with Gasteiger partial charge in [-0.05, 0) is 25.1 Å². The number of nitrogens with one attached hydrogen (secondary N) is 1. The van der Waals surface area contributed by atoms with Crippen LogP contribution in [0, 0.1) is 6.92 Å². The summed E-state index contributed by atoms with van der Waals surface area (Å²) in [6.45, 7) is 2.22. The van der Waals surface area contributed by atoms with Crippen molar-refractivity contribution in [2.24, 2.45) is 0 Å². The van der Waals surface area contributed by atoms with E-state index in [0.717, 1.165) is 5.69 Å². The molecule has 0 atom stereocenters. The fourth-order valence-electron chi connectivity index (χ4n) is 1.38. The first-order valence-electron chi connectivity index (χ1n) is 5.47. The lowest BCUT2D eigenvalue weighted by molar-refractivity contribution is -0.136. The van der Waals surface area contributed by atoms with Crippen LogP contribution in [0.5, 0.6) is 0 Å². The Morgan fingerprint density at radius 1 is 1.39 bits per heavy atom. The van der Waals surface area contributed by atoms with E-state index < -0.39 is 5.97 Å². The monoisotopic (exact) mass is 247 g/mol. The molecule has 0 aromatic carbocycles. The number of carbonyl (C=O) groups is 1. The zero-order valence-electron chi connectivity index (χ0n) is 9.87. The molecule has 0 spiro atoms. The number of hydrogen-bond acceptors (Lipinski definition) is 5. The van der Waals surface area contributed by atoms with Crippen LogP contribution in [0.15, 0.2) is 24.4 Å². The number of aryl methyl sites for hydroxylation is 1. The van der Waals surface area contributed by atoms with E-state index in [-0.39, 0.29) is 6.42 Å². The van der Waals surface area contributed by atoms with Crippen LogP contribution in [0.2, 0.25) is 0 Å². The predicted molar refractivity (Wildman–Crippen MR) is 64.6 cm³/mol. The highest BCUT2D eigenvalue weighted by Crippen LogP contribution is 2.06. The summed E-state index contributed by atoms with van der Waals surface area (Å²) in [4.78, 5) is 10.3. The SMILES string of the molecule is Cc1ccn(-c2ccc(NCCC(=O)O)nn2)n1. The average molecular weight is 247 g/mol. The maximum Gasteiger partial charge on any atom is 0.305 e. The second-order valence-corrected chi connectivity index (χ2v) is 3.75. The molecule has 2 heterocycles. The highest BCUT2D eigenvalue weighted by atomic mass is 16.4. The molecule has 0 amide bonds. The first-order valence-corrected chi connectivity index (χ1v) is 5.47. The molecule has 0 saturated carbocycles. The Bertz CT molecular complexity index is 535. The molecule has 2 rings (SSSR count). The van der Waals surface area contributed by atoms with Gasteiger partial charge < -0.3 is 10.4 Å². The van der Waals surface area contributed by atoms with Gasteiger partial charge >= 0.3 is 5.97 Å². The third kappa shape index (κ3) is 3.03. The summed E-state index contributed by atoms with van der Waals surface area (Å²) >= 11 is 0. The number of aliphatic carboxylic acids is 1. The minimum atomic E-state index is -0.848. The predicted octanol–water partition coefficient (Wildman–Crippen LogP) is 0.857. The Balaban J connectivity index is 1.99. The van der Waals surface area contributed by atoms with Gasteiger partial charge in [-0.1, -0.05) is 0 Å². The lowest BCUT2D eigenvalue weighted by Crippen LogP contribution is -2.09. The summed E-state index contributed by atoms with van der Waals surface area (Å²) < 4.78 is 1.63. The standard InChI is InChI=1S/C11H13N5O2/c1-8-5-7-16(15-8)10-3-2-9(13-14-10)12-6-4-11(17)18/h2-3,5,7H,4,6H2,1H3,(H,12,13)(H,17,18). The van der Waals surface area contributed by atoms with Gasteiger partial charge in [-0.3, -0.25) is 4.79 Å². The van der Waals surface area contributed by atoms with Crippen LogP contribution in [0.4, 0.5) is 5.82 Å². The number of carboxylic acids is 1. The number of anilines is 1. The van der Waals surface area contributed by atoms with Crippen LogP contribution < -0.4 is 5.32 Å². The molecule has 0 aliphatic heterocycles. The zero-order valence-corrected chi connectivity index (χ0v) is 9.87. The van der Waals surface area contributed by atoms with Crippen molar-refractivity contribution in [3.63, 3.8) is 0 Å². The first-order chi connectivity index (χ1) is 8.65. The Kier molecular flexibility index (Phi) is 3.52. The lowest BCUT2D eigenvalue weighted by atomic mass is 10.4. The molecular weight excluding hydrogens is 234 g/mol. The summed E-state index contributed by atoms with van der Waals surface area (Å²) in [5.74, 6) is 0.315. The fraction of sp³-hybridized carbons (Fsp3) is 0.273. The molecule has 0 fully saturated rings. The molecule has 94 valence electrons. The van der Waals surface area contributed by atoms with Crippen molar-refractivity contribution < 1.29 is 9.90 Å². The van der Waals surface area contributed by atoms with Crippen LogP contribution in [0.1, 0.15) is 12.1 Å². The summed E-state index contributed by atoms with van der Waals surface area (Å²) in [6.07, 6.45) is 1.85. The highest BCUT2D eigenvalue weighted by molar-refractivity contribution is 5.67. The highest BCUT2D eigenvalue weighted by Gasteiger charge is 2.02. The van der Waals surface area contributed by atoms with Gasteiger partial charge in [-0.25, -0.2) is 4.68 Å². The Morgan fingerprint density at radius 3 is 2.78 bits per heavy atom. The molecule has 2 N–H and O–H groups in total. The topological polar surface area (TPSA) is 92.9 Å². The van der Waals surface area contributed by atoms with E-state index in [1.54, 1.807) is 23.0 Å². The first kappa shape index (κ1) is 12.0. The van der Waals surface area contributed by atoms with Crippen LogP contribution >= 0.6 is 0 Å². The van der Waals surface area contributed by atoms with Crippen LogP contribution in [0.3, 0.4) is 0 Å². The molecule has 7 heteroatoms. The molecule has 7 nitrogen and oxygen atoms in total. The molecule has 0 saturated heterocycles. The van der Waals surface area contributed by atoms with Crippen molar-refractivity contribution in [1.29, 1.82) is 0 Å². The Hall–Kier alpha value is -2.44. The van der Waals surface area contributed by atoms with Crippen molar-refractivity contribution in [3.8, 4) is 5.82 Å². The molecule has 2 aromatic rings. The van der Waals surface area contributed by atoms with Crippen LogP contribution in [-0.4, -0.2) is 37.6 Å². The van der Waals surface area contributed by atoms with Crippen LogP contribution in [-0.2, 0) is 4.79 Å². The van der Waals surface area contributed by atoms with E-state index in [0.29, 0.717) is 18.2 Å². The van der Waals surface area contributed by atoms with Crippen molar-refractivity contribution >= 4 is 11.8 Å². The summed E-state index contributed by atoms with van der Waals surface area (Å²) in [5.41, 5.74) is 0.903. The molecule has 0 radical (unpaired) electrons.